The van der Waals surface area contributed by atoms with Crippen LogP contribution in [0, 0.1) is 11.8 Å². The minimum Gasteiger partial charge on any atom is -0.339 e. The maximum atomic E-state index is 12.4. The fraction of sp³-hybridized carbons (Fsp3) is 0.895. The zero-order valence-electron chi connectivity index (χ0n) is 15.5. The highest BCUT2D eigenvalue weighted by atomic mass is 16.2. The summed E-state index contributed by atoms with van der Waals surface area (Å²) in [7, 11) is 0. The summed E-state index contributed by atoms with van der Waals surface area (Å²) in [6, 6.07) is -0.413. The normalized spacial score (nSPS) is 22.3. The third-order valence-electron chi connectivity index (χ3n) is 5.98. The van der Waals surface area contributed by atoms with Crippen molar-refractivity contribution in [2.45, 2.75) is 71.3 Å². The predicted octanol–water partition coefficient (Wildman–Crippen LogP) is 2.39. The van der Waals surface area contributed by atoms with Gasteiger partial charge in [0.15, 0.2) is 0 Å². The van der Waals surface area contributed by atoms with Crippen LogP contribution >= 0.6 is 0 Å². The van der Waals surface area contributed by atoms with Crippen LogP contribution in [0.5, 0.6) is 0 Å². The molecule has 2 aliphatic rings. The monoisotopic (exact) mass is 337 g/mol. The summed E-state index contributed by atoms with van der Waals surface area (Å²) in [6.07, 6.45) is 9.23. The first-order valence-corrected chi connectivity index (χ1v) is 9.85. The molecular formula is C19H35N3O2. The average molecular weight is 338 g/mol. The van der Waals surface area contributed by atoms with E-state index in [2.05, 4.69) is 6.92 Å². The second kappa shape index (κ2) is 9.40. The van der Waals surface area contributed by atoms with Crippen LogP contribution in [0.15, 0.2) is 0 Å². The molecule has 2 rings (SSSR count). The van der Waals surface area contributed by atoms with Crippen molar-refractivity contribution in [1.29, 1.82) is 0 Å². The lowest BCUT2D eigenvalue weighted by Gasteiger charge is -2.37. The van der Waals surface area contributed by atoms with Crippen LogP contribution in [0.4, 0.5) is 0 Å². The van der Waals surface area contributed by atoms with Crippen molar-refractivity contribution in [2.24, 2.45) is 17.6 Å². The van der Waals surface area contributed by atoms with Gasteiger partial charge in [0.25, 0.3) is 0 Å². The first kappa shape index (κ1) is 19.2. The molecule has 5 heteroatoms. The summed E-state index contributed by atoms with van der Waals surface area (Å²) in [5, 5.41) is 0. The van der Waals surface area contributed by atoms with Crippen molar-refractivity contribution < 1.29 is 9.59 Å². The molecule has 0 spiro atoms. The Bertz CT molecular complexity index is 413. The zero-order chi connectivity index (χ0) is 17.5. The van der Waals surface area contributed by atoms with Gasteiger partial charge in [-0.05, 0) is 18.3 Å². The van der Waals surface area contributed by atoms with Crippen LogP contribution in [-0.4, -0.2) is 53.8 Å². The van der Waals surface area contributed by atoms with Gasteiger partial charge in [0.2, 0.25) is 11.8 Å². The maximum absolute atomic E-state index is 12.4. The van der Waals surface area contributed by atoms with Crippen molar-refractivity contribution >= 4 is 11.8 Å². The molecule has 0 bridgehead atoms. The van der Waals surface area contributed by atoms with E-state index in [1.807, 2.05) is 16.7 Å². The Morgan fingerprint density at radius 1 is 1.04 bits per heavy atom. The van der Waals surface area contributed by atoms with Crippen LogP contribution in [0.25, 0.3) is 0 Å². The standard InChI is InChI=1S/C19H35N3O2/c1-3-15(2)18(20)19(24)22-13-11-21(12-14-22)17(23)10-9-16-7-5-4-6-8-16/h15-16,18H,3-14,20H2,1-2H3. The summed E-state index contributed by atoms with van der Waals surface area (Å²) >= 11 is 0. The molecule has 1 saturated carbocycles. The quantitative estimate of drug-likeness (QED) is 0.809. The molecule has 2 fully saturated rings. The molecule has 2 amide bonds. The Morgan fingerprint density at radius 3 is 2.21 bits per heavy atom. The molecule has 24 heavy (non-hydrogen) atoms. The smallest absolute Gasteiger partial charge is 0.239 e. The minimum atomic E-state index is -0.413. The van der Waals surface area contributed by atoms with Crippen molar-refractivity contribution in [3.05, 3.63) is 0 Å². The van der Waals surface area contributed by atoms with Gasteiger partial charge >= 0.3 is 0 Å². The first-order valence-electron chi connectivity index (χ1n) is 9.85. The van der Waals surface area contributed by atoms with E-state index >= 15 is 0 Å². The van der Waals surface area contributed by atoms with Gasteiger partial charge in [-0.3, -0.25) is 9.59 Å². The van der Waals surface area contributed by atoms with Crippen molar-refractivity contribution in [1.82, 2.24) is 9.80 Å². The Morgan fingerprint density at radius 2 is 1.62 bits per heavy atom. The number of piperazine rings is 1. The number of hydrogen-bond acceptors (Lipinski definition) is 3. The SMILES string of the molecule is CCC(C)C(N)C(=O)N1CCN(C(=O)CCC2CCCCC2)CC1. The largest absolute Gasteiger partial charge is 0.339 e. The van der Waals surface area contributed by atoms with E-state index < -0.39 is 6.04 Å². The third-order valence-corrected chi connectivity index (χ3v) is 5.98. The Labute approximate surface area is 146 Å². The molecule has 138 valence electrons. The lowest BCUT2D eigenvalue weighted by atomic mass is 9.86. The zero-order valence-corrected chi connectivity index (χ0v) is 15.5. The molecule has 2 atom stereocenters. The molecule has 1 aliphatic carbocycles. The Kier molecular flexibility index (Phi) is 7.53. The van der Waals surface area contributed by atoms with Gasteiger partial charge in [-0.2, -0.15) is 0 Å². The number of nitrogens with zero attached hydrogens (tertiary/aromatic N) is 2. The average Bonchev–Trinajstić information content (AvgIpc) is 2.65. The summed E-state index contributed by atoms with van der Waals surface area (Å²) in [5.41, 5.74) is 6.06. The summed E-state index contributed by atoms with van der Waals surface area (Å²) in [5.74, 6) is 1.25. The van der Waals surface area contributed by atoms with E-state index in [9.17, 15) is 9.59 Å². The highest BCUT2D eigenvalue weighted by molar-refractivity contribution is 5.82. The van der Waals surface area contributed by atoms with Crippen LogP contribution in [0.1, 0.15) is 65.2 Å². The maximum Gasteiger partial charge on any atom is 0.239 e. The van der Waals surface area contributed by atoms with Gasteiger partial charge in [0.05, 0.1) is 6.04 Å². The number of carbonyl (C=O) groups excluding carboxylic acids is 2. The topological polar surface area (TPSA) is 66.6 Å². The van der Waals surface area contributed by atoms with Gasteiger partial charge in [-0.15, -0.1) is 0 Å². The predicted molar refractivity (Wildman–Crippen MR) is 96.4 cm³/mol. The highest BCUT2D eigenvalue weighted by Crippen LogP contribution is 2.27. The van der Waals surface area contributed by atoms with Crippen molar-refractivity contribution in [3.63, 3.8) is 0 Å². The Hall–Kier alpha value is -1.10. The molecule has 0 aromatic carbocycles. The van der Waals surface area contributed by atoms with E-state index in [1.54, 1.807) is 0 Å². The van der Waals surface area contributed by atoms with Crippen LogP contribution in [0.2, 0.25) is 0 Å². The second-order valence-corrected chi connectivity index (χ2v) is 7.66. The molecule has 1 heterocycles. The third kappa shape index (κ3) is 5.20. The molecule has 2 N–H and O–H groups in total. The number of nitrogens with two attached hydrogens (primary N) is 1. The van der Waals surface area contributed by atoms with Gasteiger partial charge in [0.1, 0.15) is 0 Å². The first-order chi connectivity index (χ1) is 11.5. The van der Waals surface area contributed by atoms with Crippen molar-refractivity contribution in [3.8, 4) is 0 Å². The van der Waals surface area contributed by atoms with Gasteiger partial charge < -0.3 is 15.5 Å². The second-order valence-electron chi connectivity index (χ2n) is 7.66. The summed E-state index contributed by atoms with van der Waals surface area (Å²) < 4.78 is 0. The van der Waals surface area contributed by atoms with Gasteiger partial charge in [-0.1, -0.05) is 52.4 Å². The fourth-order valence-corrected chi connectivity index (χ4v) is 3.85. The molecule has 1 aliphatic heterocycles. The molecule has 1 saturated heterocycles. The highest BCUT2D eigenvalue weighted by Gasteiger charge is 2.29. The fourth-order valence-electron chi connectivity index (χ4n) is 3.85. The van der Waals surface area contributed by atoms with E-state index in [0.29, 0.717) is 32.6 Å². The van der Waals surface area contributed by atoms with E-state index in [4.69, 9.17) is 5.73 Å². The van der Waals surface area contributed by atoms with E-state index in [0.717, 1.165) is 18.8 Å². The molecule has 0 radical (unpaired) electrons. The molecular weight excluding hydrogens is 302 g/mol. The summed E-state index contributed by atoms with van der Waals surface area (Å²) in [4.78, 5) is 28.6. The summed E-state index contributed by atoms with van der Waals surface area (Å²) in [6.45, 7) is 6.63. The lowest BCUT2D eigenvalue weighted by Crippen LogP contribution is -2.55. The molecule has 5 nitrogen and oxygen atoms in total. The van der Waals surface area contributed by atoms with E-state index in [1.165, 1.54) is 32.1 Å². The van der Waals surface area contributed by atoms with Crippen molar-refractivity contribution in [2.75, 3.05) is 26.2 Å². The number of hydrogen-bond donors (Lipinski definition) is 1. The minimum absolute atomic E-state index is 0.0404. The number of carbonyl (C=O) groups is 2. The Balaban J connectivity index is 1.71. The van der Waals surface area contributed by atoms with Gasteiger partial charge in [-0.25, -0.2) is 0 Å². The number of rotatable bonds is 6. The van der Waals surface area contributed by atoms with Crippen LogP contribution in [-0.2, 0) is 9.59 Å². The molecule has 0 aromatic heterocycles. The number of amides is 2. The van der Waals surface area contributed by atoms with Crippen LogP contribution < -0.4 is 5.73 Å². The van der Waals surface area contributed by atoms with E-state index in [-0.39, 0.29) is 17.7 Å². The van der Waals surface area contributed by atoms with Crippen LogP contribution in [0.3, 0.4) is 0 Å². The molecule has 0 aromatic rings. The molecule has 2 unspecified atom stereocenters. The van der Waals surface area contributed by atoms with Gasteiger partial charge in [0, 0.05) is 32.6 Å². The lowest BCUT2D eigenvalue weighted by molar-refractivity contribution is -0.141.